The highest BCUT2D eigenvalue weighted by Crippen LogP contribution is 2.52. The molecule has 5 rings (SSSR count). The number of nitrogens with two attached hydrogens (primary N) is 1. The minimum absolute atomic E-state index is 0.0101. The SMILES string of the molecule is Cc1ccc(CN2c3ccccc3C3=C([C@@H](c4ccccc4Br)C(C#N)=C(N)O3)S2(=O)=O)cc1. The van der Waals surface area contributed by atoms with Gasteiger partial charge in [-0.2, -0.15) is 5.26 Å². The molecule has 0 bridgehead atoms. The number of anilines is 1. The molecule has 0 radical (unpaired) electrons. The van der Waals surface area contributed by atoms with E-state index in [9.17, 15) is 13.7 Å². The number of hydrogen-bond acceptors (Lipinski definition) is 5. The van der Waals surface area contributed by atoms with Crippen LogP contribution >= 0.6 is 15.9 Å². The summed E-state index contributed by atoms with van der Waals surface area (Å²) in [5.41, 5.74) is 9.89. The van der Waals surface area contributed by atoms with E-state index < -0.39 is 15.9 Å². The number of aryl methyl sites for hydroxylation is 1. The average molecular weight is 534 g/mol. The quantitative estimate of drug-likeness (QED) is 0.493. The van der Waals surface area contributed by atoms with Crippen molar-refractivity contribution in [1.82, 2.24) is 0 Å². The van der Waals surface area contributed by atoms with Gasteiger partial charge in [0.15, 0.2) is 5.76 Å². The number of benzene rings is 3. The van der Waals surface area contributed by atoms with Crippen LogP contribution < -0.4 is 10.0 Å². The van der Waals surface area contributed by atoms with Crippen molar-refractivity contribution < 1.29 is 13.2 Å². The number of sulfonamides is 1. The molecular weight excluding hydrogens is 514 g/mol. The zero-order valence-corrected chi connectivity index (χ0v) is 20.6. The van der Waals surface area contributed by atoms with E-state index in [-0.39, 0.29) is 28.7 Å². The summed E-state index contributed by atoms with van der Waals surface area (Å²) in [4.78, 5) is 0.0101. The van der Waals surface area contributed by atoms with E-state index in [0.717, 1.165) is 11.1 Å². The molecule has 0 unspecified atom stereocenters. The van der Waals surface area contributed by atoms with Crippen molar-refractivity contribution >= 4 is 37.4 Å². The Morgan fingerprint density at radius 2 is 1.74 bits per heavy atom. The Balaban J connectivity index is 1.77. The van der Waals surface area contributed by atoms with Crippen LogP contribution in [0.15, 0.2) is 93.6 Å². The first-order valence-corrected chi connectivity index (χ1v) is 12.8. The van der Waals surface area contributed by atoms with Gasteiger partial charge in [-0.3, -0.25) is 4.31 Å². The fourth-order valence-electron chi connectivity index (χ4n) is 4.36. The number of halogens is 1. The Labute approximate surface area is 206 Å². The number of ether oxygens (including phenoxy) is 1. The zero-order chi connectivity index (χ0) is 24.0. The van der Waals surface area contributed by atoms with Crippen molar-refractivity contribution in [2.45, 2.75) is 19.4 Å². The standard InChI is InChI=1S/C26H20BrN3O3S/c1-16-10-12-17(13-11-16)15-30-22-9-5-3-7-19(22)24-25(34(30,31)32)23(20(14-28)26(29)33-24)18-6-2-4-8-21(18)27/h2-13,23H,15,29H2,1H3/t23-/m0/s1. The molecule has 2 aliphatic rings. The van der Waals surface area contributed by atoms with Crippen LogP contribution in [0.5, 0.6) is 0 Å². The van der Waals surface area contributed by atoms with E-state index in [2.05, 4.69) is 22.0 Å². The van der Waals surface area contributed by atoms with Gasteiger partial charge in [0.25, 0.3) is 10.0 Å². The lowest BCUT2D eigenvalue weighted by Gasteiger charge is -2.38. The van der Waals surface area contributed by atoms with Crippen molar-refractivity contribution in [2.24, 2.45) is 5.73 Å². The molecule has 1 atom stereocenters. The lowest BCUT2D eigenvalue weighted by molar-refractivity contribution is 0.357. The molecule has 170 valence electrons. The Kier molecular flexibility index (Phi) is 5.47. The molecule has 0 amide bonds. The smallest absolute Gasteiger partial charge is 0.265 e. The molecule has 0 aromatic heterocycles. The van der Waals surface area contributed by atoms with Crippen molar-refractivity contribution in [2.75, 3.05) is 4.31 Å². The van der Waals surface area contributed by atoms with Gasteiger partial charge in [-0.25, -0.2) is 8.42 Å². The summed E-state index contributed by atoms with van der Waals surface area (Å²) in [7, 11) is -4.10. The highest BCUT2D eigenvalue weighted by molar-refractivity contribution is 9.10. The third-order valence-corrected chi connectivity index (χ3v) is 8.63. The second kappa shape index (κ2) is 8.35. The number of nitrogens with zero attached hydrogens (tertiary/aromatic N) is 2. The normalized spacial score (nSPS) is 18.6. The van der Waals surface area contributed by atoms with Gasteiger partial charge < -0.3 is 10.5 Å². The van der Waals surface area contributed by atoms with Crippen LogP contribution in [-0.2, 0) is 21.3 Å². The molecule has 2 aliphatic heterocycles. The van der Waals surface area contributed by atoms with Crippen LogP contribution in [0.1, 0.15) is 28.2 Å². The van der Waals surface area contributed by atoms with E-state index in [4.69, 9.17) is 10.5 Å². The first-order valence-electron chi connectivity index (χ1n) is 10.6. The van der Waals surface area contributed by atoms with Crippen LogP contribution in [0.25, 0.3) is 5.76 Å². The second-order valence-corrected chi connectivity index (χ2v) is 10.8. The monoisotopic (exact) mass is 533 g/mol. The van der Waals surface area contributed by atoms with E-state index in [1.54, 1.807) is 24.3 Å². The fraction of sp³-hybridized carbons (Fsp3) is 0.115. The van der Waals surface area contributed by atoms with Gasteiger partial charge in [-0.1, -0.05) is 76.1 Å². The van der Waals surface area contributed by atoms with Crippen molar-refractivity contribution in [3.05, 3.63) is 116 Å². The molecule has 6 nitrogen and oxygen atoms in total. The minimum Gasteiger partial charge on any atom is -0.439 e. The van der Waals surface area contributed by atoms with Crippen LogP contribution in [-0.4, -0.2) is 8.42 Å². The summed E-state index contributed by atoms with van der Waals surface area (Å²) in [5, 5.41) is 9.95. The van der Waals surface area contributed by atoms with Crippen LogP contribution in [0.2, 0.25) is 0 Å². The highest BCUT2D eigenvalue weighted by atomic mass is 79.9. The second-order valence-electron chi connectivity index (χ2n) is 8.15. The molecule has 0 saturated heterocycles. The van der Waals surface area contributed by atoms with Crippen LogP contribution in [0.4, 0.5) is 5.69 Å². The van der Waals surface area contributed by atoms with E-state index in [0.29, 0.717) is 21.3 Å². The number of fused-ring (bicyclic) bond motifs is 2. The lowest BCUT2D eigenvalue weighted by atomic mass is 9.88. The molecule has 2 N–H and O–H groups in total. The third-order valence-electron chi connectivity index (χ3n) is 6.02. The number of nitriles is 1. The van der Waals surface area contributed by atoms with E-state index in [1.807, 2.05) is 55.5 Å². The number of para-hydroxylation sites is 1. The first-order chi connectivity index (χ1) is 16.3. The van der Waals surface area contributed by atoms with Crippen molar-refractivity contribution in [3.63, 3.8) is 0 Å². The summed E-state index contributed by atoms with van der Waals surface area (Å²) < 4.78 is 36.4. The Morgan fingerprint density at radius 1 is 1.06 bits per heavy atom. The molecule has 0 saturated carbocycles. The molecule has 3 aromatic carbocycles. The number of hydrogen-bond donors (Lipinski definition) is 1. The molecule has 0 fully saturated rings. The van der Waals surface area contributed by atoms with Gasteiger partial charge in [0.1, 0.15) is 16.5 Å². The van der Waals surface area contributed by atoms with Crippen molar-refractivity contribution in [3.8, 4) is 6.07 Å². The van der Waals surface area contributed by atoms with Crippen LogP contribution in [0.3, 0.4) is 0 Å². The largest absolute Gasteiger partial charge is 0.439 e. The van der Waals surface area contributed by atoms with Gasteiger partial charge >= 0.3 is 0 Å². The molecular formula is C26H20BrN3O3S. The van der Waals surface area contributed by atoms with E-state index >= 15 is 0 Å². The minimum atomic E-state index is -4.10. The third kappa shape index (κ3) is 3.49. The average Bonchev–Trinajstić information content (AvgIpc) is 2.82. The maximum Gasteiger partial charge on any atom is 0.265 e. The van der Waals surface area contributed by atoms with E-state index in [1.165, 1.54) is 4.31 Å². The summed E-state index contributed by atoms with van der Waals surface area (Å²) in [5.74, 6) is -0.852. The predicted octanol–water partition coefficient (Wildman–Crippen LogP) is 5.28. The molecule has 0 spiro atoms. The van der Waals surface area contributed by atoms with Crippen LogP contribution in [0, 0.1) is 18.3 Å². The topological polar surface area (TPSA) is 96.4 Å². The lowest BCUT2D eigenvalue weighted by Crippen LogP contribution is -2.39. The summed E-state index contributed by atoms with van der Waals surface area (Å²) in [6.45, 7) is 2.12. The first kappa shape index (κ1) is 22.3. The summed E-state index contributed by atoms with van der Waals surface area (Å²) in [6, 6.07) is 24.2. The predicted molar refractivity (Wildman–Crippen MR) is 134 cm³/mol. The molecule has 34 heavy (non-hydrogen) atoms. The fourth-order valence-corrected chi connectivity index (χ4v) is 6.78. The Morgan fingerprint density at radius 3 is 2.44 bits per heavy atom. The molecule has 2 heterocycles. The maximum atomic E-state index is 14.2. The Hall–Kier alpha value is -3.54. The van der Waals surface area contributed by atoms with Gasteiger partial charge in [0.2, 0.25) is 5.88 Å². The van der Waals surface area contributed by atoms with Gasteiger partial charge in [0, 0.05) is 10.0 Å². The zero-order valence-electron chi connectivity index (χ0n) is 18.2. The van der Waals surface area contributed by atoms with Gasteiger partial charge in [0.05, 0.1) is 18.2 Å². The number of allylic oxidation sites excluding steroid dienone is 2. The summed E-state index contributed by atoms with van der Waals surface area (Å²) >= 11 is 3.53. The molecule has 8 heteroatoms. The van der Waals surface area contributed by atoms with Gasteiger partial charge in [-0.05, 0) is 36.2 Å². The van der Waals surface area contributed by atoms with Crippen molar-refractivity contribution in [1.29, 1.82) is 5.26 Å². The maximum absolute atomic E-state index is 14.2. The highest BCUT2D eigenvalue weighted by Gasteiger charge is 2.47. The van der Waals surface area contributed by atoms with Gasteiger partial charge in [-0.15, -0.1) is 0 Å². The summed E-state index contributed by atoms with van der Waals surface area (Å²) in [6.07, 6.45) is 0. The Bertz CT molecular complexity index is 1520. The molecule has 3 aromatic rings. The molecule has 0 aliphatic carbocycles. The number of rotatable bonds is 3.